The Morgan fingerprint density at radius 3 is 2.43 bits per heavy atom. The van der Waals surface area contributed by atoms with Crippen molar-refractivity contribution in [2.24, 2.45) is 0 Å². The standard InChI is InChI=1S/C24H13FN3O.C11H8N.Ir/c25-15-9-10-17-18-7-4-8-19(23(18)29-22(17)13-15)24-27-20-14-26-12-11-21(20)28(24)16-5-2-1-3-6-16;1-2-6-10(7-3-1)11-8-4-5-9-12-11;/h1-7,9-14H;1-6,8-9H;/q2*-1;. The van der Waals surface area contributed by atoms with Crippen molar-refractivity contribution < 1.29 is 28.9 Å². The van der Waals surface area contributed by atoms with Gasteiger partial charge >= 0.3 is 0 Å². The van der Waals surface area contributed by atoms with Gasteiger partial charge in [-0.15, -0.1) is 54.1 Å². The van der Waals surface area contributed by atoms with E-state index in [1.807, 2.05) is 91.0 Å². The molecule has 8 rings (SSSR count). The van der Waals surface area contributed by atoms with Crippen molar-refractivity contribution >= 4 is 33.0 Å². The molecule has 0 amide bonds. The van der Waals surface area contributed by atoms with Crippen LogP contribution in [0.25, 0.3) is 61.3 Å². The first-order valence-electron chi connectivity index (χ1n) is 13.0. The van der Waals surface area contributed by atoms with Gasteiger partial charge in [-0.2, -0.15) is 0 Å². The molecular formula is C35H21FIrN4O-2. The normalized spacial score (nSPS) is 10.8. The van der Waals surface area contributed by atoms with Crippen LogP contribution in [0.4, 0.5) is 4.39 Å². The summed E-state index contributed by atoms with van der Waals surface area (Å²) >= 11 is 0. The smallest absolute Gasteiger partial charge is 0.126 e. The molecule has 7 heteroatoms. The van der Waals surface area contributed by atoms with Gasteiger partial charge < -0.3 is 14.0 Å². The first-order chi connectivity index (χ1) is 20.3. The SMILES string of the molecule is Fc1ccc2c(c1)oc1c(-c3nc4cnccc4n3-c3ccccc3)[c-]ccc12.[Ir].[c-]1ccccc1-c1ccccn1. The Morgan fingerprint density at radius 1 is 0.762 bits per heavy atom. The Balaban J connectivity index is 0.000000205. The number of hydrogen-bond acceptors (Lipinski definition) is 4. The molecule has 0 aliphatic rings. The van der Waals surface area contributed by atoms with E-state index in [1.54, 1.807) is 24.7 Å². The van der Waals surface area contributed by atoms with Gasteiger partial charge in [-0.25, -0.2) is 4.39 Å². The molecule has 5 nitrogen and oxygen atoms in total. The maximum absolute atomic E-state index is 13.7. The van der Waals surface area contributed by atoms with Crippen LogP contribution in [0, 0.1) is 17.9 Å². The van der Waals surface area contributed by atoms with Crippen molar-refractivity contribution in [3.8, 4) is 28.3 Å². The summed E-state index contributed by atoms with van der Waals surface area (Å²) in [7, 11) is 0. The molecule has 0 atom stereocenters. The second-order valence-corrected chi connectivity index (χ2v) is 9.30. The first kappa shape index (κ1) is 27.2. The Labute approximate surface area is 254 Å². The summed E-state index contributed by atoms with van der Waals surface area (Å²) in [6.07, 6.45) is 5.28. The van der Waals surface area contributed by atoms with Gasteiger partial charge in [0.15, 0.2) is 0 Å². The van der Waals surface area contributed by atoms with Gasteiger partial charge in [-0.3, -0.25) is 9.97 Å². The third kappa shape index (κ3) is 5.12. The van der Waals surface area contributed by atoms with E-state index in [0.717, 1.165) is 44.3 Å². The monoisotopic (exact) mass is 725 g/mol. The van der Waals surface area contributed by atoms with Gasteiger partial charge in [0.2, 0.25) is 0 Å². The third-order valence-corrected chi connectivity index (χ3v) is 6.74. The topological polar surface area (TPSA) is 56.7 Å². The number of fused-ring (bicyclic) bond motifs is 4. The van der Waals surface area contributed by atoms with Crippen LogP contribution in [0.5, 0.6) is 0 Å². The quantitative estimate of drug-likeness (QED) is 0.172. The number of imidazole rings is 1. The molecule has 8 aromatic rings. The number of halogens is 1. The van der Waals surface area contributed by atoms with Crippen molar-refractivity contribution in [3.63, 3.8) is 0 Å². The molecule has 0 aliphatic heterocycles. The average molecular weight is 725 g/mol. The molecular weight excluding hydrogens is 704 g/mol. The van der Waals surface area contributed by atoms with Gasteiger partial charge in [0.05, 0.1) is 28.6 Å². The van der Waals surface area contributed by atoms with Crippen LogP contribution in [0.3, 0.4) is 0 Å². The molecule has 0 bridgehead atoms. The molecule has 0 fully saturated rings. The molecule has 0 aliphatic carbocycles. The fraction of sp³-hybridized carbons (Fsp3) is 0. The average Bonchev–Trinajstić information content (AvgIpc) is 3.61. The molecule has 0 saturated carbocycles. The van der Waals surface area contributed by atoms with E-state index < -0.39 is 0 Å². The molecule has 42 heavy (non-hydrogen) atoms. The predicted octanol–water partition coefficient (Wildman–Crippen LogP) is 8.47. The number of benzene rings is 4. The molecule has 0 spiro atoms. The summed E-state index contributed by atoms with van der Waals surface area (Å²) in [6.45, 7) is 0. The van der Waals surface area contributed by atoms with E-state index >= 15 is 0 Å². The van der Waals surface area contributed by atoms with Crippen LogP contribution in [-0.4, -0.2) is 19.5 Å². The fourth-order valence-electron chi connectivity index (χ4n) is 4.89. The Bertz CT molecular complexity index is 2070. The number of aromatic nitrogens is 4. The van der Waals surface area contributed by atoms with Crippen molar-refractivity contribution in [3.05, 3.63) is 146 Å². The molecule has 0 N–H and O–H groups in total. The zero-order valence-electron chi connectivity index (χ0n) is 22.0. The summed E-state index contributed by atoms with van der Waals surface area (Å²) in [6, 6.07) is 40.4. The second-order valence-electron chi connectivity index (χ2n) is 9.30. The van der Waals surface area contributed by atoms with Crippen molar-refractivity contribution in [2.75, 3.05) is 0 Å². The molecule has 4 heterocycles. The number of pyridine rings is 2. The van der Waals surface area contributed by atoms with Gasteiger partial charge in [0.1, 0.15) is 11.4 Å². The van der Waals surface area contributed by atoms with Crippen LogP contribution in [-0.2, 0) is 20.1 Å². The molecule has 205 valence electrons. The van der Waals surface area contributed by atoms with Crippen molar-refractivity contribution in [2.45, 2.75) is 0 Å². The van der Waals surface area contributed by atoms with E-state index in [-0.39, 0.29) is 25.9 Å². The Morgan fingerprint density at radius 2 is 1.62 bits per heavy atom. The van der Waals surface area contributed by atoms with Crippen LogP contribution in [0.2, 0.25) is 0 Å². The zero-order chi connectivity index (χ0) is 27.6. The predicted molar refractivity (Wildman–Crippen MR) is 159 cm³/mol. The van der Waals surface area contributed by atoms with Crippen LogP contribution in [0.1, 0.15) is 0 Å². The number of furan rings is 1. The largest absolute Gasteiger partial charge is 0.500 e. The maximum atomic E-state index is 13.7. The van der Waals surface area contributed by atoms with Crippen molar-refractivity contribution in [1.29, 1.82) is 0 Å². The van der Waals surface area contributed by atoms with Crippen molar-refractivity contribution in [1.82, 2.24) is 19.5 Å². The first-order valence-corrected chi connectivity index (χ1v) is 13.0. The summed E-state index contributed by atoms with van der Waals surface area (Å²) in [5.41, 5.74) is 6.56. The molecule has 1 radical (unpaired) electrons. The number of rotatable bonds is 3. The minimum Gasteiger partial charge on any atom is -0.500 e. The number of nitrogens with zero attached hydrogens (tertiary/aromatic N) is 4. The van der Waals surface area contributed by atoms with E-state index in [0.29, 0.717) is 17.0 Å². The van der Waals surface area contributed by atoms with Crippen LogP contribution in [0.15, 0.2) is 132 Å². The van der Waals surface area contributed by atoms with Crippen LogP contribution >= 0.6 is 0 Å². The maximum Gasteiger partial charge on any atom is 0.126 e. The molecule has 4 aromatic heterocycles. The Kier molecular flexibility index (Phi) is 7.69. The van der Waals surface area contributed by atoms with E-state index in [1.165, 1.54) is 12.1 Å². The second kappa shape index (κ2) is 11.9. The number of para-hydroxylation sites is 1. The van der Waals surface area contributed by atoms with Gasteiger partial charge in [-0.05, 0) is 42.1 Å². The molecule has 0 unspecified atom stereocenters. The van der Waals surface area contributed by atoms with Crippen LogP contribution < -0.4 is 0 Å². The molecule has 0 saturated heterocycles. The minimum atomic E-state index is -0.329. The van der Waals surface area contributed by atoms with Gasteiger partial charge in [0.25, 0.3) is 0 Å². The third-order valence-electron chi connectivity index (χ3n) is 6.74. The van der Waals surface area contributed by atoms with E-state index in [9.17, 15) is 4.39 Å². The zero-order valence-corrected chi connectivity index (χ0v) is 24.4. The van der Waals surface area contributed by atoms with Gasteiger partial charge in [0, 0.05) is 49.6 Å². The summed E-state index contributed by atoms with van der Waals surface area (Å²) in [5, 5.41) is 1.76. The van der Waals surface area contributed by atoms with E-state index in [2.05, 4.69) is 26.7 Å². The summed E-state index contributed by atoms with van der Waals surface area (Å²) in [5.74, 6) is 0.369. The van der Waals surface area contributed by atoms with E-state index in [4.69, 9.17) is 9.40 Å². The Hall–Kier alpha value is -4.97. The van der Waals surface area contributed by atoms with Gasteiger partial charge in [-0.1, -0.05) is 41.3 Å². The molecule has 4 aromatic carbocycles. The number of hydrogen-bond donors (Lipinski definition) is 0. The fourth-order valence-corrected chi connectivity index (χ4v) is 4.89. The summed E-state index contributed by atoms with van der Waals surface area (Å²) < 4.78 is 21.9. The summed E-state index contributed by atoms with van der Waals surface area (Å²) in [4.78, 5) is 13.3. The minimum absolute atomic E-state index is 0.